The highest BCUT2D eigenvalue weighted by Gasteiger charge is 2.38. The van der Waals surface area contributed by atoms with E-state index in [2.05, 4.69) is 6.58 Å². The fourth-order valence-corrected chi connectivity index (χ4v) is 3.75. The molecule has 1 aromatic carbocycles. The van der Waals surface area contributed by atoms with Crippen molar-refractivity contribution in [2.75, 3.05) is 0 Å². The highest BCUT2D eigenvalue weighted by Crippen LogP contribution is 2.37. The molecule has 0 heterocycles. The van der Waals surface area contributed by atoms with Crippen molar-refractivity contribution in [3.8, 4) is 0 Å². The number of rotatable bonds is 8. The Morgan fingerprint density at radius 2 is 1.64 bits per heavy atom. The van der Waals surface area contributed by atoms with E-state index in [4.69, 9.17) is 4.74 Å². The maximum atomic E-state index is 13.6. The fourth-order valence-electron chi connectivity index (χ4n) is 3.75. The topological polar surface area (TPSA) is 9.23 Å². The SMILES string of the molecule is C=CCCC1CCC(C(OCc2cc(F)c(C(F)(F)F)c(F)c2)C(F)F)CC1. The summed E-state index contributed by atoms with van der Waals surface area (Å²) in [5.41, 5.74) is -2.26. The first-order valence-electron chi connectivity index (χ1n) is 9.19. The third-order valence-corrected chi connectivity index (χ3v) is 5.21. The lowest BCUT2D eigenvalue weighted by Crippen LogP contribution is -2.34. The van der Waals surface area contributed by atoms with Crippen LogP contribution in [0.15, 0.2) is 24.8 Å². The van der Waals surface area contributed by atoms with E-state index in [9.17, 15) is 30.7 Å². The van der Waals surface area contributed by atoms with Gasteiger partial charge in [-0.15, -0.1) is 6.58 Å². The molecule has 1 unspecified atom stereocenters. The third kappa shape index (κ3) is 5.96. The van der Waals surface area contributed by atoms with Crippen LogP contribution in [0.5, 0.6) is 0 Å². The second-order valence-electron chi connectivity index (χ2n) is 7.19. The van der Waals surface area contributed by atoms with Crippen molar-refractivity contribution in [3.05, 3.63) is 47.5 Å². The number of hydrogen-bond acceptors (Lipinski definition) is 1. The van der Waals surface area contributed by atoms with E-state index >= 15 is 0 Å². The van der Waals surface area contributed by atoms with Crippen LogP contribution in [-0.2, 0) is 17.5 Å². The number of hydrogen-bond donors (Lipinski definition) is 0. The molecule has 2 rings (SSSR count). The minimum atomic E-state index is -5.18. The predicted octanol–water partition coefficient (Wildman–Crippen LogP) is 6.91. The molecule has 1 aliphatic rings. The minimum Gasteiger partial charge on any atom is -0.367 e. The summed E-state index contributed by atoms with van der Waals surface area (Å²) in [5.74, 6) is -3.53. The zero-order valence-corrected chi connectivity index (χ0v) is 15.3. The van der Waals surface area contributed by atoms with Crippen molar-refractivity contribution in [2.45, 2.75) is 63.8 Å². The van der Waals surface area contributed by atoms with E-state index in [1.165, 1.54) is 0 Å². The second kappa shape index (κ2) is 9.76. The number of ether oxygens (including phenoxy) is 1. The molecule has 0 bridgehead atoms. The highest BCUT2D eigenvalue weighted by atomic mass is 19.4. The van der Waals surface area contributed by atoms with Crippen molar-refractivity contribution < 1.29 is 35.5 Å². The van der Waals surface area contributed by atoms with Crippen molar-refractivity contribution >= 4 is 0 Å². The Kier molecular flexibility index (Phi) is 7.92. The van der Waals surface area contributed by atoms with Gasteiger partial charge in [0, 0.05) is 0 Å². The molecular formula is C20H23F7O. The van der Waals surface area contributed by atoms with Gasteiger partial charge < -0.3 is 4.74 Å². The Balaban J connectivity index is 2.00. The van der Waals surface area contributed by atoms with Crippen LogP contribution >= 0.6 is 0 Å². The van der Waals surface area contributed by atoms with Gasteiger partial charge in [0.25, 0.3) is 6.43 Å². The second-order valence-corrected chi connectivity index (χ2v) is 7.19. The maximum absolute atomic E-state index is 13.6. The number of halogens is 7. The molecule has 0 aliphatic heterocycles. The van der Waals surface area contributed by atoms with E-state index < -0.39 is 48.4 Å². The lowest BCUT2D eigenvalue weighted by molar-refractivity contribution is -0.142. The first-order valence-corrected chi connectivity index (χ1v) is 9.19. The molecule has 158 valence electrons. The summed E-state index contributed by atoms with van der Waals surface area (Å²) in [6.45, 7) is 3.07. The summed E-state index contributed by atoms with van der Waals surface area (Å²) in [6, 6.07) is 0.946. The lowest BCUT2D eigenvalue weighted by atomic mass is 9.77. The molecular weight excluding hydrogens is 389 g/mol. The Bertz CT molecular complexity index is 625. The summed E-state index contributed by atoms with van der Waals surface area (Å²) in [4.78, 5) is 0. The molecule has 1 atom stereocenters. The number of benzene rings is 1. The smallest absolute Gasteiger partial charge is 0.367 e. The van der Waals surface area contributed by atoms with Crippen LogP contribution in [0, 0.1) is 23.5 Å². The van der Waals surface area contributed by atoms with E-state index in [0.29, 0.717) is 30.9 Å². The van der Waals surface area contributed by atoms with E-state index in [-0.39, 0.29) is 5.56 Å². The standard InChI is InChI=1S/C20H23F7O/c1-2-3-4-12-5-7-14(8-6-12)18(19(23)24)28-11-13-9-15(21)17(16(22)10-13)20(25,26)27/h2,9-10,12,14,18-19H,1,3-8,11H2. The van der Waals surface area contributed by atoms with E-state index in [1.54, 1.807) is 0 Å². The average Bonchev–Trinajstić information content (AvgIpc) is 2.59. The van der Waals surface area contributed by atoms with Gasteiger partial charge in [0.05, 0.1) is 6.61 Å². The van der Waals surface area contributed by atoms with Crippen LogP contribution in [0.3, 0.4) is 0 Å². The monoisotopic (exact) mass is 412 g/mol. The molecule has 0 aromatic heterocycles. The summed E-state index contributed by atoms with van der Waals surface area (Å²) in [5, 5.41) is 0. The molecule has 0 saturated heterocycles. The Morgan fingerprint density at radius 1 is 1.07 bits per heavy atom. The molecule has 1 saturated carbocycles. The van der Waals surface area contributed by atoms with Crippen LogP contribution in [0.2, 0.25) is 0 Å². The summed E-state index contributed by atoms with van der Waals surface area (Å²) in [6.07, 6.45) is -3.08. The van der Waals surface area contributed by atoms with E-state index in [0.717, 1.165) is 25.7 Å². The first-order chi connectivity index (χ1) is 13.1. The molecule has 1 aromatic rings. The minimum absolute atomic E-state index is 0.256. The summed E-state index contributed by atoms with van der Waals surface area (Å²) < 4.78 is 97.1. The van der Waals surface area contributed by atoms with Crippen LogP contribution in [0.25, 0.3) is 0 Å². The molecule has 1 aliphatic carbocycles. The highest BCUT2D eigenvalue weighted by molar-refractivity contribution is 5.28. The fraction of sp³-hybridized carbons (Fsp3) is 0.600. The van der Waals surface area contributed by atoms with Gasteiger partial charge in [-0.25, -0.2) is 17.6 Å². The van der Waals surface area contributed by atoms with Gasteiger partial charge >= 0.3 is 6.18 Å². The average molecular weight is 412 g/mol. The zero-order valence-electron chi connectivity index (χ0n) is 15.3. The normalized spacial score (nSPS) is 21.7. The van der Waals surface area contributed by atoms with Crippen LogP contribution < -0.4 is 0 Å². The van der Waals surface area contributed by atoms with Crippen molar-refractivity contribution in [3.63, 3.8) is 0 Å². The van der Waals surface area contributed by atoms with Gasteiger partial charge in [0.2, 0.25) is 0 Å². The van der Waals surface area contributed by atoms with Crippen molar-refractivity contribution in [1.82, 2.24) is 0 Å². The van der Waals surface area contributed by atoms with Crippen molar-refractivity contribution in [2.24, 2.45) is 11.8 Å². The largest absolute Gasteiger partial charge is 0.422 e. The molecule has 1 fully saturated rings. The van der Waals surface area contributed by atoms with Crippen molar-refractivity contribution in [1.29, 1.82) is 0 Å². The summed E-state index contributed by atoms with van der Waals surface area (Å²) >= 11 is 0. The van der Waals surface area contributed by atoms with Gasteiger partial charge in [0.1, 0.15) is 23.3 Å². The van der Waals surface area contributed by atoms with E-state index in [1.807, 2.05) is 6.08 Å². The maximum Gasteiger partial charge on any atom is 0.422 e. The molecule has 1 nitrogen and oxygen atoms in total. The number of allylic oxidation sites excluding steroid dienone is 1. The number of alkyl halides is 5. The van der Waals surface area contributed by atoms with Gasteiger partial charge in [-0.2, -0.15) is 13.2 Å². The summed E-state index contributed by atoms with van der Waals surface area (Å²) in [7, 11) is 0. The quantitative estimate of drug-likeness (QED) is 0.333. The van der Waals surface area contributed by atoms with Gasteiger partial charge in [-0.3, -0.25) is 0 Å². The lowest BCUT2D eigenvalue weighted by Gasteiger charge is -2.33. The van der Waals surface area contributed by atoms with Crippen LogP contribution in [0.1, 0.15) is 49.7 Å². The third-order valence-electron chi connectivity index (χ3n) is 5.21. The molecule has 0 spiro atoms. The Labute approximate surface area is 159 Å². The molecule has 0 N–H and O–H groups in total. The van der Waals surface area contributed by atoms with Gasteiger partial charge in [-0.05, 0) is 55.2 Å². The zero-order chi connectivity index (χ0) is 20.9. The molecule has 0 amide bonds. The Hall–Kier alpha value is -1.57. The first kappa shape index (κ1) is 22.7. The molecule has 28 heavy (non-hydrogen) atoms. The van der Waals surface area contributed by atoms with Gasteiger partial charge in [-0.1, -0.05) is 18.9 Å². The van der Waals surface area contributed by atoms with Gasteiger partial charge in [0.15, 0.2) is 0 Å². The van der Waals surface area contributed by atoms with Crippen LogP contribution in [-0.4, -0.2) is 12.5 Å². The molecule has 0 radical (unpaired) electrons. The predicted molar refractivity (Wildman–Crippen MR) is 90.8 cm³/mol. The Morgan fingerprint density at radius 3 is 2.11 bits per heavy atom. The van der Waals surface area contributed by atoms with Crippen LogP contribution in [0.4, 0.5) is 30.7 Å². The molecule has 8 heteroatoms.